The Bertz CT molecular complexity index is 1040. The quantitative estimate of drug-likeness (QED) is 0.543. The first-order chi connectivity index (χ1) is 13.4. The Morgan fingerprint density at radius 1 is 1.07 bits per heavy atom. The van der Waals surface area contributed by atoms with E-state index in [1.54, 1.807) is 18.2 Å². The molecule has 0 unspecified atom stereocenters. The number of anilines is 1. The molecule has 28 heavy (non-hydrogen) atoms. The maximum atomic E-state index is 12.2. The summed E-state index contributed by atoms with van der Waals surface area (Å²) in [6, 6.07) is 12.4. The van der Waals surface area contributed by atoms with Crippen molar-refractivity contribution in [3.8, 4) is 5.75 Å². The number of aryl methyl sites for hydroxylation is 1. The molecule has 0 fully saturated rings. The second kappa shape index (κ2) is 8.43. The number of carbonyl (C=O) groups is 2. The van der Waals surface area contributed by atoms with Crippen molar-refractivity contribution >= 4 is 28.6 Å². The normalized spacial score (nSPS) is 11.8. The van der Waals surface area contributed by atoms with E-state index < -0.39 is 18.0 Å². The van der Waals surface area contributed by atoms with Gasteiger partial charge in [0.2, 0.25) is 0 Å². The van der Waals surface area contributed by atoms with E-state index in [4.69, 9.17) is 9.47 Å². The van der Waals surface area contributed by atoms with Crippen LogP contribution in [0.25, 0.3) is 11.0 Å². The third-order valence-electron chi connectivity index (χ3n) is 4.06. The van der Waals surface area contributed by atoms with Crippen molar-refractivity contribution in [1.29, 1.82) is 0 Å². The summed E-state index contributed by atoms with van der Waals surface area (Å²) in [5, 5.41) is 2.65. The number of aromatic amines is 2. The highest BCUT2D eigenvalue weighted by Crippen LogP contribution is 2.15. The van der Waals surface area contributed by atoms with Gasteiger partial charge < -0.3 is 24.8 Å². The van der Waals surface area contributed by atoms with Crippen molar-refractivity contribution in [3.05, 3.63) is 58.5 Å². The van der Waals surface area contributed by atoms with Crippen LogP contribution in [0, 0.1) is 6.92 Å². The second-order valence-corrected chi connectivity index (χ2v) is 6.37. The van der Waals surface area contributed by atoms with Gasteiger partial charge in [-0.05, 0) is 44.2 Å². The summed E-state index contributed by atoms with van der Waals surface area (Å²) in [6.07, 6.45) is -0.935. The third kappa shape index (κ3) is 5.00. The summed E-state index contributed by atoms with van der Waals surface area (Å²) in [4.78, 5) is 40.6. The summed E-state index contributed by atoms with van der Waals surface area (Å²) in [5.74, 6) is -0.326. The summed E-state index contributed by atoms with van der Waals surface area (Å²) in [6.45, 7) is 3.63. The summed E-state index contributed by atoms with van der Waals surface area (Å²) < 4.78 is 10.6. The van der Waals surface area contributed by atoms with E-state index in [1.807, 2.05) is 31.2 Å². The number of hydrogen-bond acceptors (Lipinski definition) is 5. The summed E-state index contributed by atoms with van der Waals surface area (Å²) in [7, 11) is 0. The van der Waals surface area contributed by atoms with Crippen molar-refractivity contribution in [2.75, 3.05) is 11.9 Å². The molecule has 1 atom stereocenters. The Labute approximate surface area is 160 Å². The van der Waals surface area contributed by atoms with Gasteiger partial charge in [-0.15, -0.1) is 0 Å². The van der Waals surface area contributed by atoms with E-state index in [2.05, 4.69) is 15.3 Å². The Morgan fingerprint density at radius 3 is 2.54 bits per heavy atom. The average Bonchev–Trinajstić information content (AvgIpc) is 3.02. The fourth-order valence-corrected chi connectivity index (χ4v) is 2.55. The van der Waals surface area contributed by atoms with Crippen LogP contribution in [0.4, 0.5) is 5.69 Å². The number of nitrogens with one attached hydrogen (secondary N) is 3. The van der Waals surface area contributed by atoms with Crippen LogP contribution in [0.2, 0.25) is 0 Å². The highest BCUT2D eigenvalue weighted by molar-refractivity contribution is 5.96. The number of rotatable bonds is 7. The second-order valence-electron chi connectivity index (χ2n) is 6.37. The predicted molar refractivity (Wildman–Crippen MR) is 104 cm³/mol. The topological polar surface area (TPSA) is 113 Å². The molecule has 146 valence electrons. The van der Waals surface area contributed by atoms with E-state index in [9.17, 15) is 14.4 Å². The lowest BCUT2D eigenvalue weighted by Gasteiger charge is -2.14. The summed E-state index contributed by atoms with van der Waals surface area (Å²) in [5.41, 5.74) is 2.48. The fourth-order valence-electron chi connectivity index (χ4n) is 2.55. The van der Waals surface area contributed by atoms with Crippen LogP contribution < -0.4 is 15.7 Å². The number of benzene rings is 2. The standard InChI is InChI=1S/C20H21N3O5/c1-12-3-6-15(7-4-12)27-10-9-18(24)28-13(2)19(25)21-14-5-8-16-17(11-14)23-20(26)22-16/h3-8,11,13H,9-10H2,1-2H3,(H,21,25)(H2,22,23,26)/t13-/m0/s1. The maximum Gasteiger partial charge on any atom is 0.323 e. The van der Waals surface area contributed by atoms with E-state index in [-0.39, 0.29) is 18.7 Å². The molecule has 1 heterocycles. The van der Waals surface area contributed by atoms with Gasteiger partial charge in [0.05, 0.1) is 24.1 Å². The van der Waals surface area contributed by atoms with Gasteiger partial charge in [0, 0.05) is 5.69 Å². The highest BCUT2D eigenvalue weighted by atomic mass is 16.5. The van der Waals surface area contributed by atoms with Crippen molar-refractivity contribution in [1.82, 2.24) is 9.97 Å². The van der Waals surface area contributed by atoms with E-state index in [1.165, 1.54) is 6.92 Å². The van der Waals surface area contributed by atoms with Crippen LogP contribution in [-0.4, -0.2) is 34.6 Å². The highest BCUT2D eigenvalue weighted by Gasteiger charge is 2.18. The molecule has 0 bridgehead atoms. The first-order valence-electron chi connectivity index (χ1n) is 8.82. The van der Waals surface area contributed by atoms with Crippen molar-refractivity contribution < 1.29 is 19.1 Å². The molecule has 3 N–H and O–H groups in total. The van der Waals surface area contributed by atoms with Crippen molar-refractivity contribution in [3.63, 3.8) is 0 Å². The summed E-state index contributed by atoms with van der Waals surface area (Å²) >= 11 is 0. The first-order valence-corrected chi connectivity index (χ1v) is 8.82. The smallest absolute Gasteiger partial charge is 0.323 e. The molecule has 1 amide bonds. The number of amides is 1. The molecule has 1 aromatic heterocycles. The Morgan fingerprint density at radius 2 is 1.79 bits per heavy atom. The van der Waals surface area contributed by atoms with Crippen LogP contribution in [-0.2, 0) is 14.3 Å². The van der Waals surface area contributed by atoms with Gasteiger partial charge in [-0.2, -0.15) is 0 Å². The number of carbonyl (C=O) groups excluding carboxylic acids is 2. The molecule has 8 heteroatoms. The molecule has 0 radical (unpaired) electrons. The molecule has 2 aromatic carbocycles. The Kier molecular flexibility index (Phi) is 5.78. The van der Waals surface area contributed by atoms with Gasteiger partial charge in [0.1, 0.15) is 5.75 Å². The van der Waals surface area contributed by atoms with Crippen LogP contribution in [0.15, 0.2) is 47.3 Å². The van der Waals surface area contributed by atoms with E-state index in [0.29, 0.717) is 22.5 Å². The molecule has 0 aliphatic heterocycles. The minimum Gasteiger partial charge on any atom is -0.493 e. The van der Waals surface area contributed by atoms with Crippen LogP contribution in [0.5, 0.6) is 5.75 Å². The Hall–Kier alpha value is -3.55. The minimum absolute atomic E-state index is 0.0298. The zero-order valence-electron chi connectivity index (χ0n) is 15.6. The molecule has 0 aliphatic carbocycles. The third-order valence-corrected chi connectivity index (χ3v) is 4.06. The number of H-pyrrole nitrogens is 2. The largest absolute Gasteiger partial charge is 0.493 e. The number of imidazole rings is 1. The zero-order valence-corrected chi connectivity index (χ0v) is 15.6. The average molecular weight is 383 g/mol. The number of ether oxygens (including phenoxy) is 2. The van der Waals surface area contributed by atoms with E-state index >= 15 is 0 Å². The molecular formula is C20H21N3O5. The first kappa shape index (κ1) is 19.2. The number of esters is 1. The van der Waals surface area contributed by atoms with Crippen LogP contribution >= 0.6 is 0 Å². The van der Waals surface area contributed by atoms with Crippen LogP contribution in [0.1, 0.15) is 18.9 Å². The van der Waals surface area contributed by atoms with Gasteiger partial charge in [-0.1, -0.05) is 17.7 Å². The molecule has 0 saturated heterocycles. The fraction of sp³-hybridized carbons (Fsp3) is 0.250. The van der Waals surface area contributed by atoms with Crippen LogP contribution in [0.3, 0.4) is 0 Å². The number of hydrogen-bond donors (Lipinski definition) is 3. The SMILES string of the molecule is Cc1ccc(OCCC(=O)O[C@@H](C)C(=O)Nc2ccc3[nH]c(=O)[nH]c3c2)cc1. The lowest BCUT2D eigenvalue weighted by Crippen LogP contribution is -2.30. The van der Waals surface area contributed by atoms with Gasteiger partial charge in [0.15, 0.2) is 6.10 Å². The Balaban J connectivity index is 1.46. The van der Waals surface area contributed by atoms with Gasteiger partial charge in [0.25, 0.3) is 5.91 Å². The van der Waals surface area contributed by atoms with Gasteiger partial charge in [-0.3, -0.25) is 9.59 Å². The lowest BCUT2D eigenvalue weighted by molar-refractivity contribution is -0.153. The lowest BCUT2D eigenvalue weighted by atomic mass is 10.2. The monoisotopic (exact) mass is 383 g/mol. The molecule has 0 saturated carbocycles. The van der Waals surface area contributed by atoms with Gasteiger partial charge >= 0.3 is 11.7 Å². The zero-order chi connectivity index (χ0) is 20.1. The molecule has 3 rings (SSSR count). The molecule has 0 spiro atoms. The molecular weight excluding hydrogens is 362 g/mol. The number of fused-ring (bicyclic) bond motifs is 1. The van der Waals surface area contributed by atoms with E-state index in [0.717, 1.165) is 5.56 Å². The molecule has 0 aliphatic rings. The molecule has 3 aromatic rings. The maximum absolute atomic E-state index is 12.2. The van der Waals surface area contributed by atoms with Crippen molar-refractivity contribution in [2.45, 2.75) is 26.4 Å². The molecule has 8 nitrogen and oxygen atoms in total. The number of aromatic nitrogens is 2. The predicted octanol–water partition coefficient (Wildman–Crippen LogP) is 2.50. The van der Waals surface area contributed by atoms with Gasteiger partial charge in [-0.25, -0.2) is 4.79 Å². The minimum atomic E-state index is -0.965. The van der Waals surface area contributed by atoms with Crippen molar-refractivity contribution in [2.24, 2.45) is 0 Å².